The number of hydrogen-bond donors (Lipinski definition) is 0. The maximum Gasteiger partial charge on any atom is 0.310 e. The van der Waals surface area contributed by atoms with E-state index in [2.05, 4.69) is 0 Å². The molecule has 9 heteroatoms. The Kier molecular flexibility index (Phi) is 4.45. The second-order valence-corrected chi connectivity index (χ2v) is 6.48. The standard InChI is InChI=1S/C12H16N2O6S/c1-19-12-5-9(3-4-11(12)14(15)16)6-13-7-10(13)8-20-21(2,17)18/h3-5,10H,6-8H2,1-2H3. The predicted octanol–water partition coefficient (Wildman–Crippen LogP) is 0.764. The Morgan fingerprint density at radius 3 is 2.76 bits per heavy atom. The van der Waals surface area contributed by atoms with E-state index in [1.54, 1.807) is 12.1 Å². The Labute approximate surface area is 122 Å². The Morgan fingerprint density at radius 2 is 2.19 bits per heavy atom. The summed E-state index contributed by atoms with van der Waals surface area (Å²) in [5.74, 6) is 0.211. The molecule has 0 saturated carbocycles. The van der Waals surface area contributed by atoms with Gasteiger partial charge in [-0.3, -0.25) is 19.2 Å². The fourth-order valence-corrected chi connectivity index (χ4v) is 2.39. The van der Waals surface area contributed by atoms with E-state index in [1.165, 1.54) is 13.2 Å². The highest BCUT2D eigenvalue weighted by atomic mass is 32.2. The van der Waals surface area contributed by atoms with Crippen LogP contribution >= 0.6 is 0 Å². The second-order valence-electron chi connectivity index (χ2n) is 4.84. The zero-order chi connectivity index (χ0) is 15.6. The van der Waals surface area contributed by atoms with Gasteiger partial charge in [-0.25, -0.2) is 0 Å². The van der Waals surface area contributed by atoms with Gasteiger partial charge in [-0.15, -0.1) is 0 Å². The molecule has 0 aromatic heterocycles. The molecule has 0 bridgehead atoms. The van der Waals surface area contributed by atoms with Crippen LogP contribution in [0.1, 0.15) is 5.56 Å². The first kappa shape index (κ1) is 15.7. The molecule has 0 amide bonds. The summed E-state index contributed by atoms with van der Waals surface area (Å²) in [5.41, 5.74) is 0.781. The zero-order valence-corrected chi connectivity index (χ0v) is 12.5. The van der Waals surface area contributed by atoms with Gasteiger partial charge in [-0.05, 0) is 11.6 Å². The zero-order valence-electron chi connectivity index (χ0n) is 11.7. The topological polar surface area (TPSA) is 98.8 Å². The molecule has 2 unspecified atom stereocenters. The lowest BCUT2D eigenvalue weighted by Crippen LogP contribution is -2.12. The Balaban J connectivity index is 1.95. The van der Waals surface area contributed by atoms with Crippen molar-refractivity contribution in [3.63, 3.8) is 0 Å². The molecule has 1 aromatic rings. The third-order valence-corrected chi connectivity index (χ3v) is 3.69. The van der Waals surface area contributed by atoms with Gasteiger partial charge in [0.05, 0.1) is 24.9 Å². The highest BCUT2D eigenvalue weighted by Gasteiger charge is 2.35. The first-order valence-electron chi connectivity index (χ1n) is 6.20. The minimum Gasteiger partial charge on any atom is -0.490 e. The van der Waals surface area contributed by atoms with Crippen molar-refractivity contribution in [1.29, 1.82) is 0 Å². The van der Waals surface area contributed by atoms with Gasteiger partial charge >= 0.3 is 5.69 Å². The number of hydrogen-bond acceptors (Lipinski definition) is 7. The van der Waals surface area contributed by atoms with Crippen molar-refractivity contribution in [2.45, 2.75) is 12.6 Å². The number of benzene rings is 1. The second kappa shape index (κ2) is 5.96. The fourth-order valence-electron chi connectivity index (χ4n) is 1.98. The van der Waals surface area contributed by atoms with Crippen molar-refractivity contribution < 1.29 is 22.3 Å². The summed E-state index contributed by atoms with van der Waals surface area (Å²) in [4.78, 5) is 12.3. The Bertz CT molecular complexity index is 645. The van der Waals surface area contributed by atoms with E-state index in [0.29, 0.717) is 6.54 Å². The van der Waals surface area contributed by atoms with Gasteiger partial charge in [-0.1, -0.05) is 6.07 Å². The van der Waals surface area contributed by atoms with E-state index in [1.807, 2.05) is 4.90 Å². The first-order valence-corrected chi connectivity index (χ1v) is 8.01. The average Bonchev–Trinajstić information content (AvgIpc) is 3.13. The highest BCUT2D eigenvalue weighted by Crippen LogP contribution is 2.30. The molecule has 1 aliphatic heterocycles. The molecular formula is C12H16N2O6S. The molecule has 0 N–H and O–H groups in total. The molecule has 1 aromatic carbocycles. The van der Waals surface area contributed by atoms with Crippen LogP contribution in [0.5, 0.6) is 5.75 Å². The monoisotopic (exact) mass is 316 g/mol. The quantitative estimate of drug-likeness (QED) is 0.317. The predicted molar refractivity (Wildman–Crippen MR) is 74.6 cm³/mol. The molecule has 116 valence electrons. The average molecular weight is 316 g/mol. The minimum absolute atomic E-state index is 0.0564. The van der Waals surface area contributed by atoms with E-state index in [0.717, 1.165) is 18.4 Å². The third-order valence-electron chi connectivity index (χ3n) is 3.13. The number of nitrogens with zero attached hydrogens (tertiary/aromatic N) is 2. The van der Waals surface area contributed by atoms with Gasteiger partial charge in [0.25, 0.3) is 10.1 Å². The van der Waals surface area contributed by atoms with Crippen molar-refractivity contribution in [2.24, 2.45) is 0 Å². The smallest absolute Gasteiger partial charge is 0.310 e. The fraction of sp³-hybridized carbons (Fsp3) is 0.500. The molecule has 8 nitrogen and oxygen atoms in total. The molecule has 2 atom stereocenters. The number of nitro benzene ring substituents is 1. The number of methoxy groups -OCH3 is 1. The number of rotatable bonds is 7. The summed E-state index contributed by atoms with van der Waals surface area (Å²) in [6, 6.07) is 4.74. The lowest BCUT2D eigenvalue weighted by Gasteiger charge is -2.07. The van der Waals surface area contributed by atoms with Gasteiger partial charge in [0, 0.05) is 25.2 Å². The van der Waals surface area contributed by atoms with Gasteiger partial charge in [0.15, 0.2) is 5.75 Å². The van der Waals surface area contributed by atoms with Crippen LogP contribution in [0.4, 0.5) is 5.69 Å². The van der Waals surface area contributed by atoms with Crippen LogP contribution in [0.3, 0.4) is 0 Å². The normalized spacial score (nSPS) is 21.0. The van der Waals surface area contributed by atoms with E-state index < -0.39 is 15.0 Å². The lowest BCUT2D eigenvalue weighted by atomic mass is 10.2. The van der Waals surface area contributed by atoms with E-state index >= 15 is 0 Å². The summed E-state index contributed by atoms with van der Waals surface area (Å²) in [6.07, 6.45) is 1.01. The van der Waals surface area contributed by atoms with E-state index in [-0.39, 0.29) is 24.1 Å². The largest absolute Gasteiger partial charge is 0.490 e. The maximum atomic E-state index is 10.9. The van der Waals surface area contributed by atoms with Crippen LogP contribution in [0, 0.1) is 10.1 Å². The van der Waals surface area contributed by atoms with Crippen LogP contribution in [0.2, 0.25) is 0 Å². The van der Waals surface area contributed by atoms with Crippen molar-refractivity contribution in [3.8, 4) is 5.75 Å². The first-order chi connectivity index (χ1) is 9.80. The molecule has 0 radical (unpaired) electrons. The number of ether oxygens (including phenoxy) is 1. The summed E-state index contributed by atoms with van der Waals surface area (Å²) in [5, 5.41) is 10.8. The molecular weight excluding hydrogens is 300 g/mol. The molecule has 1 fully saturated rings. The van der Waals surface area contributed by atoms with Crippen molar-refractivity contribution >= 4 is 15.8 Å². The molecule has 2 rings (SSSR count). The third kappa shape index (κ3) is 4.38. The van der Waals surface area contributed by atoms with Crippen LogP contribution in [0.25, 0.3) is 0 Å². The molecule has 1 saturated heterocycles. The molecule has 1 aliphatic rings. The molecule has 0 aliphatic carbocycles. The van der Waals surface area contributed by atoms with E-state index in [4.69, 9.17) is 8.92 Å². The summed E-state index contributed by atoms with van der Waals surface area (Å²) in [7, 11) is -2.04. The Morgan fingerprint density at radius 1 is 1.48 bits per heavy atom. The molecule has 1 heterocycles. The summed E-state index contributed by atoms with van der Waals surface area (Å²) >= 11 is 0. The maximum absolute atomic E-state index is 10.9. The molecule has 0 spiro atoms. The van der Waals surface area contributed by atoms with Gasteiger partial charge < -0.3 is 4.74 Å². The van der Waals surface area contributed by atoms with Gasteiger partial charge in [0.2, 0.25) is 0 Å². The molecule has 21 heavy (non-hydrogen) atoms. The number of nitro groups is 1. The lowest BCUT2D eigenvalue weighted by molar-refractivity contribution is -0.385. The van der Waals surface area contributed by atoms with Gasteiger partial charge in [0.1, 0.15) is 0 Å². The van der Waals surface area contributed by atoms with Crippen LogP contribution in [-0.4, -0.2) is 50.8 Å². The van der Waals surface area contributed by atoms with Gasteiger partial charge in [-0.2, -0.15) is 8.42 Å². The Hall–Kier alpha value is -1.71. The summed E-state index contributed by atoms with van der Waals surface area (Å²) < 4.78 is 31.5. The summed E-state index contributed by atoms with van der Waals surface area (Å²) in [6.45, 7) is 1.42. The van der Waals surface area contributed by atoms with E-state index in [9.17, 15) is 18.5 Å². The van der Waals surface area contributed by atoms with Crippen molar-refractivity contribution in [2.75, 3.05) is 26.5 Å². The van der Waals surface area contributed by atoms with Crippen molar-refractivity contribution in [3.05, 3.63) is 33.9 Å². The van der Waals surface area contributed by atoms with Crippen molar-refractivity contribution in [1.82, 2.24) is 4.90 Å². The van der Waals surface area contributed by atoms with Crippen LogP contribution in [-0.2, 0) is 20.8 Å². The minimum atomic E-state index is -3.42. The van der Waals surface area contributed by atoms with Crippen LogP contribution < -0.4 is 4.74 Å². The highest BCUT2D eigenvalue weighted by molar-refractivity contribution is 7.85. The SMILES string of the molecule is COc1cc(CN2CC2COS(C)(=O)=O)ccc1[N+](=O)[O-]. The van der Waals surface area contributed by atoms with Crippen LogP contribution in [0.15, 0.2) is 18.2 Å².